The fraction of sp³-hybridized carbons (Fsp3) is 0.0769. The van der Waals surface area contributed by atoms with Crippen molar-refractivity contribution in [3.8, 4) is 0 Å². The minimum atomic E-state index is 1.21. The summed E-state index contributed by atoms with van der Waals surface area (Å²) in [5, 5.41) is 2.60. The molecule has 0 aliphatic carbocycles. The van der Waals surface area contributed by atoms with E-state index in [9.17, 15) is 0 Å². The predicted molar refractivity (Wildman–Crippen MR) is 65.8 cm³/mol. The van der Waals surface area contributed by atoms with Crippen molar-refractivity contribution in [2.75, 3.05) is 6.26 Å². The van der Waals surface area contributed by atoms with Gasteiger partial charge in [0.25, 0.3) is 0 Å². The minimum Gasteiger partial charge on any atom is -0.129 e. The highest BCUT2D eigenvalue weighted by Gasteiger charge is 2.01. The Morgan fingerprint density at radius 3 is 2.43 bits per heavy atom. The Hall–Kier alpha value is -1.21. The lowest BCUT2D eigenvalue weighted by molar-refractivity contribution is 1.54. The van der Waals surface area contributed by atoms with Gasteiger partial charge in [0, 0.05) is 4.90 Å². The van der Waals surface area contributed by atoms with Crippen LogP contribution in [-0.2, 0) is 0 Å². The average molecular weight is 200 g/mol. The zero-order valence-electron chi connectivity index (χ0n) is 8.16. The largest absolute Gasteiger partial charge is 0.129 e. The Morgan fingerprint density at radius 2 is 1.79 bits per heavy atom. The Bertz CT molecular complexity index is 472. The van der Waals surface area contributed by atoms with Crippen LogP contribution in [0.4, 0.5) is 0 Å². The van der Waals surface area contributed by atoms with Gasteiger partial charge in [-0.3, -0.25) is 0 Å². The summed E-state index contributed by atoms with van der Waals surface area (Å²) in [6.07, 6.45) is 4.02. The maximum Gasteiger partial charge on any atom is 0.0148 e. The third-order valence-corrected chi connectivity index (χ3v) is 3.15. The van der Waals surface area contributed by atoms with E-state index < -0.39 is 0 Å². The van der Waals surface area contributed by atoms with Crippen LogP contribution >= 0.6 is 11.8 Å². The van der Waals surface area contributed by atoms with Crippen LogP contribution in [0, 0.1) is 0 Å². The molecule has 0 nitrogen and oxygen atoms in total. The fourth-order valence-corrected chi connectivity index (χ4v) is 2.25. The van der Waals surface area contributed by atoms with Crippen LogP contribution in [0.5, 0.6) is 0 Å². The first kappa shape index (κ1) is 9.35. The standard InChI is InChI=1S/C13H12S/c1-3-10-8-9-13(14-2)12-7-5-4-6-11(10)12/h3-9H,1H2,2H3. The molecule has 0 saturated carbocycles. The van der Waals surface area contributed by atoms with Crippen molar-refractivity contribution in [1.82, 2.24) is 0 Å². The monoisotopic (exact) mass is 200 g/mol. The van der Waals surface area contributed by atoms with Gasteiger partial charge in [-0.1, -0.05) is 43.0 Å². The smallest absolute Gasteiger partial charge is 0.0148 e. The van der Waals surface area contributed by atoms with Gasteiger partial charge in [-0.25, -0.2) is 0 Å². The first-order valence-corrected chi connectivity index (χ1v) is 5.77. The third-order valence-electron chi connectivity index (χ3n) is 2.36. The molecule has 0 amide bonds. The summed E-state index contributed by atoms with van der Waals surface area (Å²) in [5.74, 6) is 0. The third kappa shape index (κ3) is 1.44. The summed E-state index contributed by atoms with van der Waals surface area (Å²) < 4.78 is 0. The van der Waals surface area contributed by atoms with Gasteiger partial charge in [0.05, 0.1) is 0 Å². The van der Waals surface area contributed by atoms with Crippen LogP contribution in [0.3, 0.4) is 0 Å². The zero-order valence-corrected chi connectivity index (χ0v) is 8.97. The molecular weight excluding hydrogens is 188 g/mol. The van der Waals surface area contributed by atoms with Crippen molar-refractivity contribution >= 4 is 28.6 Å². The van der Waals surface area contributed by atoms with E-state index in [4.69, 9.17) is 0 Å². The number of fused-ring (bicyclic) bond motifs is 1. The van der Waals surface area contributed by atoms with Gasteiger partial charge in [-0.15, -0.1) is 11.8 Å². The average Bonchev–Trinajstić information content (AvgIpc) is 2.27. The SMILES string of the molecule is C=Cc1ccc(SC)c2ccccc12. The first-order chi connectivity index (χ1) is 6.86. The molecule has 0 fully saturated rings. The highest BCUT2D eigenvalue weighted by atomic mass is 32.2. The second kappa shape index (κ2) is 3.89. The molecule has 0 aliphatic rings. The summed E-state index contributed by atoms with van der Waals surface area (Å²) in [4.78, 5) is 1.33. The molecule has 0 saturated heterocycles. The van der Waals surface area contributed by atoms with Gasteiger partial charge >= 0.3 is 0 Å². The lowest BCUT2D eigenvalue weighted by atomic mass is 10.0. The van der Waals surface area contributed by atoms with Gasteiger partial charge in [-0.2, -0.15) is 0 Å². The molecule has 0 unspecified atom stereocenters. The second-order valence-corrected chi connectivity index (χ2v) is 3.95. The van der Waals surface area contributed by atoms with Crippen LogP contribution in [-0.4, -0.2) is 6.26 Å². The lowest BCUT2D eigenvalue weighted by Gasteiger charge is -2.06. The van der Waals surface area contributed by atoms with Crippen LogP contribution in [0.1, 0.15) is 5.56 Å². The van der Waals surface area contributed by atoms with Gasteiger partial charge in [0.15, 0.2) is 0 Å². The van der Waals surface area contributed by atoms with Gasteiger partial charge in [0.1, 0.15) is 0 Å². The Kier molecular flexibility index (Phi) is 2.60. The van der Waals surface area contributed by atoms with E-state index in [-0.39, 0.29) is 0 Å². The second-order valence-electron chi connectivity index (χ2n) is 3.11. The summed E-state index contributed by atoms with van der Waals surface area (Å²) >= 11 is 1.78. The normalized spacial score (nSPS) is 10.4. The fourth-order valence-electron chi connectivity index (χ4n) is 1.65. The molecule has 2 rings (SSSR count). The van der Waals surface area contributed by atoms with Crippen LogP contribution in [0.15, 0.2) is 47.9 Å². The Labute approximate surface area is 88.6 Å². The molecule has 1 heteroatoms. The lowest BCUT2D eigenvalue weighted by Crippen LogP contribution is -1.80. The van der Waals surface area contributed by atoms with E-state index in [1.807, 2.05) is 6.08 Å². The molecule has 2 aromatic rings. The number of hydrogen-bond donors (Lipinski definition) is 0. The van der Waals surface area contributed by atoms with E-state index >= 15 is 0 Å². The molecule has 2 aromatic carbocycles. The number of rotatable bonds is 2. The molecule has 0 aliphatic heterocycles. The minimum absolute atomic E-state index is 1.21. The van der Waals surface area contributed by atoms with Crippen molar-refractivity contribution < 1.29 is 0 Å². The van der Waals surface area contributed by atoms with Gasteiger partial charge in [-0.05, 0) is 28.7 Å². The molecule has 0 spiro atoms. The Morgan fingerprint density at radius 1 is 1.07 bits per heavy atom. The van der Waals surface area contributed by atoms with Crippen LogP contribution in [0.25, 0.3) is 16.8 Å². The topological polar surface area (TPSA) is 0 Å². The summed E-state index contributed by atoms with van der Waals surface area (Å²) in [7, 11) is 0. The van der Waals surface area contributed by atoms with E-state index in [0.717, 1.165) is 0 Å². The van der Waals surface area contributed by atoms with E-state index in [2.05, 4.69) is 49.2 Å². The molecule has 14 heavy (non-hydrogen) atoms. The summed E-state index contributed by atoms with van der Waals surface area (Å²) in [5.41, 5.74) is 1.21. The van der Waals surface area contributed by atoms with Crippen molar-refractivity contribution in [2.45, 2.75) is 4.90 Å². The number of benzene rings is 2. The van der Waals surface area contributed by atoms with E-state index in [0.29, 0.717) is 0 Å². The number of hydrogen-bond acceptors (Lipinski definition) is 1. The highest BCUT2D eigenvalue weighted by Crippen LogP contribution is 2.29. The predicted octanol–water partition coefficient (Wildman–Crippen LogP) is 4.20. The molecule has 0 heterocycles. The molecule has 0 atom stereocenters. The van der Waals surface area contributed by atoms with Crippen LogP contribution in [0.2, 0.25) is 0 Å². The maximum absolute atomic E-state index is 3.83. The molecular formula is C13H12S. The maximum atomic E-state index is 3.83. The quantitative estimate of drug-likeness (QED) is 0.654. The first-order valence-electron chi connectivity index (χ1n) is 4.55. The summed E-state index contributed by atoms with van der Waals surface area (Å²) in [6.45, 7) is 3.83. The van der Waals surface area contributed by atoms with Gasteiger partial charge in [0.2, 0.25) is 0 Å². The molecule has 0 aromatic heterocycles. The van der Waals surface area contributed by atoms with E-state index in [1.165, 1.54) is 21.2 Å². The molecule has 0 N–H and O–H groups in total. The van der Waals surface area contributed by atoms with Gasteiger partial charge < -0.3 is 0 Å². The zero-order chi connectivity index (χ0) is 9.97. The van der Waals surface area contributed by atoms with Crippen LogP contribution < -0.4 is 0 Å². The summed E-state index contributed by atoms with van der Waals surface area (Å²) in [6, 6.07) is 12.7. The van der Waals surface area contributed by atoms with Crippen molar-refractivity contribution in [2.24, 2.45) is 0 Å². The highest BCUT2D eigenvalue weighted by molar-refractivity contribution is 7.98. The molecule has 0 bridgehead atoms. The molecule has 70 valence electrons. The number of thioether (sulfide) groups is 1. The van der Waals surface area contributed by atoms with Crippen molar-refractivity contribution in [3.63, 3.8) is 0 Å². The van der Waals surface area contributed by atoms with Crippen molar-refractivity contribution in [1.29, 1.82) is 0 Å². The molecule has 0 radical (unpaired) electrons. The van der Waals surface area contributed by atoms with E-state index in [1.54, 1.807) is 11.8 Å². The van der Waals surface area contributed by atoms with Crippen molar-refractivity contribution in [3.05, 3.63) is 48.5 Å². The Balaban J connectivity index is 2.84.